The average Bonchev–Trinajstić information content (AvgIpc) is 3.20. The van der Waals surface area contributed by atoms with Crippen LogP contribution in [0.1, 0.15) is 44.2 Å². The lowest BCUT2D eigenvalue weighted by atomic mass is 9.92. The van der Waals surface area contributed by atoms with Crippen molar-refractivity contribution >= 4 is 32.3 Å². The van der Waals surface area contributed by atoms with Gasteiger partial charge in [-0.3, -0.25) is 14.8 Å². The Morgan fingerprint density at radius 1 is 1.18 bits per heavy atom. The van der Waals surface area contributed by atoms with Crippen LogP contribution in [0.3, 0.4) is 0 Å². The van der Waals surface area contributed by atoms with Crippen molar-refractivity contribution in [2.75, 3.05) is 17.6 Å². The summed E-state index contributed by atoms with van der Waals surface area (Å²) < 4.78 is 40.1. The number of fused-ring (bicyclic) bond motifs is 1. The highest BCUT2D eigenvalue weighted by molar-refractivity contribution is 7.92. The topological polar surface area (TPSA) is 149 Å². The molecule has 0 radical (unpaired) electrons. The Bertz CT molecular complexity index is 1740. The van der Waals surface area contributed by atoms with Crippen molar-refractivity contribution in [2.24, 2.45) is 0 Å². The van der Waals surface area contributed by atoms with Crippen LogP contribution in [-0.2, 0) is 10.0 Å². The minimum Gasteiger partial charge on any atom is -0.481 e. The minimum absolute atomic E-state index is 0.0299. The molecule has 1 fully saturated rings. The molecule has 0 amide bonds. The van der Waals surface area contributed by atoms with Gasteiger partial charge in [-0.1, -0.05) is 19.1 Å². The summed E-state index contributed by atoms with van der Waals surface area (Å²) in [6, 6.07) is 17.3. The highest BCUT2D eigenvalue weighted by Gasteiger charge is 2.28. The molecule has 2 aromatic carbocycles. The molecule has 1 saturated carbocycles. The molecule has 0 unspecified atom stereocenters. The number of methoxy groups -OCH3 is 1. The fourth-order valence-corrected chi connectivity index (χ4v) is 5.96. The molecular weight excluding hydrogens is 534 g/mol. The van der Waals surface area contributed by atoms with E-state index in [9.17, 15) is 23.8 Å². The molecule has 206 valence electrons. The van der Waals surface area contributed by atoms with Gasteiger partial charge in [-0.05, 0) is 55.5 Å². The van der Waals surface area contributed by atoms with E-state index < -0.39 is 14.9 Å². The lowest BCUT2D eigenvalue weighted by molar-refractivity contribution is -0.386. The SMILES string of the molecule is CCCS(=O)(=O)Nc1ccc(-c2c(C#N)c3ccc(Oc4nc(OC)ccc4[N+](=O)[O-])cc3n2C2CCC2)cc1. The predicted molar refractivity (Wildman–Crippen MR) is 150 cm³/mol. The fraction of sp³-hybridized carbons (Fsp3) is 0.286. The van der Waals surface area contributed by atoms with Gasteiger partial charge in [0, 0.05) is 35.3 Å². The molecule has 40 heavy (non-hydrogen) atoms. The quantitative estimate of drug-likeness (QED) is 0.179. The number of nitrogens with one attached hydrogen (secondary N) is 1. The molecule has 12 heteroatoms. The molecule has 0 saturated heterocycles. The number of sulfonamides is 1. The van der Waals surface area contributed by atoms with Crippen LogP contribution < -0.4 is 14.2 Å². The van der Waals surface area contributed by atoms with Gasteiger partial charge in [0.1, 0.15) is 11.8 Å². The van der Waals surface area contributed by atoms with E-state index in [2.05, 4.69) is 20.3 Å². The molecule has 4 aromatic rings. The normalized spacial score (nSPS) is 13.4. The van der Waals surface area contributed by atoms with Crippen LogP contribution in [0.4, 0.5) is 11.4 Å². The molecule has 11 nitrogen and oxygen atoms in total. The largest absolute Gasteiger partial charge is 0.481 e. The van der Waals surface area contributed by atoms with E-state index in [-0.39, 0.29) is 29.2 Å². The van der Waals surface area contributed by atoms with Gasteiger partial charge in [-0.2, -0.15) is 10.2 Å². The van der Waals surface area contributed by atoms with Gasteiger partial charge < -0.3 is 14.0 Å². The van der Waals surface area contributed by atoms with Crippen molar-refractivity contribution in [3.05, 3.63) is 70.3 Å². The standard InChI is InChI=1S/C28H27N5O6S/c1-3-15-40(36,37)31-19-9-7-18(8-10-19)27-23(17-29)22-12-11-21(16-25(22)32(27)20-5-4-6-20)39-28-24(33(34)35)13-14-26(30-28)38-2/h7-14,16,20,31H,3-6,15H2,1-2H3. The molecule has 0 aliphatic heterocycles. The van der Waals surface area contributed by atoms with Crippen LogP contribution in [0.15, 0.2) is 54.6 Å². The van der Waals surface area contributed by atoms with E-state index >= 15 is 0 Å². The average molecular weight is 562 g/mol. The van der Waals surface area contributed by atoms with Crippen molar-refractivity contribution in [2.45, 2.75) is 38.6 Å². The van der Waals surface area contributed by atoms with Crippen molar-refractivity contribution in [3.63, 3.8) is 0 Å². The lowest BCUT2D eigenvalue weighted by Gasteiger charge is -2.30. The summed E-state index contributed by atoms with van der Waals surface area (Å²) in [4.78, 5) is 15.1. The zero-order chi connectivity index (χ0) is 28.4. The lowest BCUT2D eigenvalue weighted by Crippen LogP contribution is -2.18. The molecule has 1 aliphatic carbocycles. The molecule has 5 rings (SSSR count). The van der Waals surface area contributed by atoms with E-state index in [1.807, 2.05) is 0 Å². The van der Waals surface area contributed by atoms with E-state index in [1.54, 1.807) is 49.4 Å². The molecule has 0 bridgehead atoms. The van der Waals surface area contributed by atoms with Gasteiger partial charge in [0.15, 0.2) is 0 Å². The number of hydrogen-bond acceptors (Lipinski definition) is 8. The van der Waals surface area contributed by atoms with Crippen molar-refractivity contribution in [1.29, 1.82) is 5.26 Å². The summed E-state index contributed by atoms with van der Waals surface area (Å²) in [5.41, 5.74) is 2.89. The fourth-order valence-electron chi connectivity index (χ4n) is 4.83. The molecule has 2 heterocycles. The molecule has 2 aromatic heterocycles. The summed E-state index contributed by atoms with van der Waals surface area (Å²) >= 11 is 0. The van der Waals surface area contributed by atoms with Gasteiger partial charge in [0.2, 0.25) is 15.9 Å². The Kier molecular flexibility index (Phi) is 7.32. The van der Waals surface area contributed by atoms with Crippen molar-refractivity contribution < 1.29 is 22.8 Å². The number of ether oxygens (including phenoxy) is 2. The Labute approximate surface area is 231 Å². The summed E-state index contributed by atoms with van der Waals surface area (Å²) in [7, 11) is -2.02. The molecule has 0 spiro atoms. The van der Waals surface area contributed by atoms with E-state index in [0.717, 1.165) is 41.4 Å². The van der Waals surface area contributed by atoms with Crippen LogP contribution in [0.25, 0.3) is 22.2 Å². The summed E-state index contributed by atoms with van der Waals surface area (Å²) in [6.45, 7) is 1.80. The molecule has 1 N–H and O–H groups in total. The first kappa shape index (κ1) is 27.0. The third-order valence-electron chi connectivity index (χ3n) is 6.87. The smallest absolute Gasteiger partial charge is 0.331 e. The highest BCUT2D eigenvalue weighted by atomic mass is 32.2. The van der Waals surface area contributed by atoms with Crippen LogP contribution in [0.5, 0.6) is 17.5 Å². The maximum absolute atomic E-state index is 12.2. The number of pyridine rings is 1. The monoisotopic (exact) mass is 561 g/mol. The number of nitro groups is 1. The number of nitrogens with zero attached hydrogens (tertiary/aromatic N) is 4. The number of anilines is 1. The van der Waals surface area contributed by atoms with E-state index in [1.165, 1.54) is 19.2 Å². The first-order valence-electron chi connectivity index (χ1n) is 12.8. The predicted octanol–water partition coefficient (Wildman–Crippen LogP) is 6.16. The Morgan fingerprint density at radius 3 is 2.52 bits per heavy atom. The molecular formula is C28H27N5O6S. The Balaban J connectivity index is 1.59. The number of nitriles is 1. The Hall–Kier alpha value is -4.63. The first-order valence-corrected chi connectivity index (χ1v) is 14.5. The second kappa shape index (κ2) is 10.9. The van der Waals surface area contributed by atoms with Gasteiger partial charge in [-0.15, -0.1) is 0 Å². The summed E-state index contributed by atoms with van der Waals surface area (Å²) in [5, 5.41) is 22.5. The van der Waals surface area contributed by atoms with Crippen LogP contribution >= 0.6 is 0 Å². The Morgan fingerprint density at radius 2 is 1.93 bits per heavy atom. The zero-order valence-corrected chi connectivity index (χ0v) is 22.8. The van der Waals surface area contributed by atoms with E-state index in [4.69, 9.17) is 9.47 Å². The number of hydrogen-bond donors (Lipinski definition) is 1. The summed E-state index contributed by atoms with van der Waals surface area (Å²) in [6.07, 6.45) is 3.43. The number of rotatable bonds is 10. The van der Waals surface area contributed by atoms with Crippen molar-refractivity contribution in [1.82, 2.24) is 9.55 Å². The zero-order valence-electron chi connectivity index (χ0n) is 22.0. The number of benzene rings is 2. The van der Waals surface area contributed by atoms with Gasteiger partial charge in [-0.25, -0.2) is 8.42 Å². The maximum atomic E-state index is 12.2. The van der Waals surface area contributed by atoms with Gasteiger partial charge >= 0.3 is 11.6 Å². The summed E-state index contributed by atoms with van der Waals surface area (Å²) in [5.74, 6) is 0.328. The molecule has 1 aliphatic rings. The third kappa shape index (κ3) is 5.15. The second-order valence-corrected chi connectivity index (χ2v) is 11.3. The van der Waals surface area contributed by atoms with Gasteiger partial charge in [0.05, 0.1) is 34.6 Å². The minimum atomic E-state index is -3.43. The van der Waals surface area contributed by atoms with Crippen LogP contribution in [0.2, 0.25) is 0 Å². The van der Waals surface area contributed by atoms with Crippen LogP contribution in [-0.4, -0.2) is 35.8 Å². The number of aromatic nitrogens is 2. The van der Waals surface area contributed by atoms with Gasteiger partial charge in [0.25, 0.3) is 0 Å². The van der Waals surface area contributed by atoms with E-state index in [0.29, 0.717) is 23.4 Å². The maximum Gasteiger partial charge on any atom is 0.331 e. The second-order valence-electron chi connectivity index (χ2n) is 9.50. The first-order chi connectivity index (χ1) is 19.2. The van der Waals surface area contributed by atoms with Crippen molar-refractivity contribution in [3.8, 4) is 34.8 Å². The molecule has 0 atom stereocenters. The highest BCUT2D eigenvalue weighted by Crippen LogP contribution is 2.44. The van der Waals surface area contributed by atoms with Crippen LogP contribution in [0, 0.1) is 21.4 Å². The third-order valence-corrected chi connectivity index (χ3v) is 8.36.